The number of piperidine rings is 1. The first-order valence-corrected chi connectivity index (χ1v) is 9.98. The largest absolute Gasteiger partial charge is 0.396 e. The number of anilines is 1. The quantitative estimate of drug-likeness (QED) is 0.633. The van der Waals surface area contributed by atoms with Crippen molar-refractivity contribution in [3.8, 4) is 0 Å². The zero-order chi connectivity index (χ0) is 19.7. The first-order chi connectivity index (χ1) is 13.5. The smallest absolute Gasteiger partial charge is 0.217 e. The summed E-state index contributed by atoms with van der Waals surface area (Å²) in [5.74, 6) is 1.01. The van der Waals surface area contributed by atoms with Crippen LogP contribution in [-0.2, 0) is 4.79 Å². The molecule has 2 fully saturated rings. The summed E-state index contributed by atoms with van der Waals surface area (Å²) in [6.45, 7) is 1.74. The SMILES string of the molecule is NC(=O)CCC1CCCN(c2ncnc3c2ncn3C2CC(CO)(CO)C2)C1. The van der Waals surface area contributed by atoms with Crippen LogP contribution in [0.1, 0.15) is 44.6 Å². The molecular formula is C19H28N6O3. The number of nitrogens with two attached hydrogens (primary N) is 1. The molecule has 4 rings (SSSR count). The summed E-state index contributed by atoms with van der Waals surface area (Å²) >= 11 is 0. The van der Waals surface area contributed by atoms with Crippen LogP contribution in [0.3, 0.4) is 0 Å². The second kappa shape index (κ2) is 7.63. The molecule has 2 aromatic rings. The summed E-state index contributed by atoms with van der Waals surface area (Å²) in [6.07, 6.45) is 8.17. The van der Waals surface area contributed by atoms with Gasteiger partial charge in [0, 0.05) is 31.0 Å². The lowest BCUT2D eigenvalue weighted by molar-refractivity contribution is -0.118. The summed E-state index contributed by atoms with van der Waals surface area (Å²) in [6, 6.07) is 0.178. The van der Waals surface area contributed by atoms with Crippen molar-refractivity contribution in [2.75, 3.05) is 31.2 Å². The fraction of sp³-hybridized carbons (Fsp3) is 0.684. The predicted molar refractivity (Wildman–Crippen MR) is 104 cm³/mol. The van der Waals surface area contributed by atoms with Gasteiger partial charge in [0.25, 0.3) is 0 Å². The van der Waals surface area contributed by atoms with E-state index in [0.717, 1.165) is 49.3 Å². The van der Waals surface area contributed by atoms with E-state index < -0.39 is 5.41 Å². The average Bonchev–Trinajstić information content (AvgIpc) is 3.11. The molecule has 2 aromatic heterocycles. The third-order valence-electron chi connectivity index (χ3n) is 6.36. The van der Waals surface area contributed by atoms with Crippen molar-refractivity contribution < 1.29 is 15.0 Å². The van der Waals surface area contributed by atoms with E-state index in [1.807, 2.05) is 4.57 Å². The number of hydrogen-bond acceptors (Lipinski definition) is 7. The lowest BCUT2D eigenvalue weighted by Gasteiger charge is -2.45. The highest BCUT2D eigenvalue weighted by Crippen LogP contribution is 2.48. The first-order valence-electron chi connectivity index (χ1n) is 9.98. The predicted octanol–water partition coefficient (Wildman–Crippen LogP) is 0.614. The zero-order valence-corrected chi connectivity index (χ0v) is 16.0. The highest BCUT2D eigenvalue weighted by molar-refractivity contribution is 5.83. The molecule has 1 aliphatic heterocycles. The maximum atomic E-state index is 11.1. The van der Waals surface area contributed by atoms with Crippen LogP contribution in [0.5, 0.6) is 0 Å². The zero-order valence-electron chi connectivity index (χ0n) is 16.0. The standard InChI is InChI=1S/C19H28N6O3/c20-15(28)4-3-13-2-1-5-24(8-13)17-16-18(22-11-21-17)25(12-23-16)14-6-19(7-14,9-26)10-27/h11-14,26-27H,1-10H2,(H2,20,28). The molecule has 9 nitrogen and oxygen atoms in total. The van der Waals surface area contributed by atoms with Crippen molar-refractivity contribution in [3.63, 3.8) is 0 Å². The highest BCUT2D eigenvalue weighted by atomic mass is 16.3. The fourth-order valence-electron chi connectivity index (χ4n) is 4.62. The maximum absolute atomic E-state index is 11.1. The Morgan fingerprint density at radius 3 is 2.75 bits per heavy atom. The van der Waals surface area contributed by atoms with E-state index in [1.54, 1.807) is 12.7 Å². The molecule has 1 aliphatic carbocycles. The molecule has 0 bridgehead atoms. The number of aliphatic hydroxyl groups excluding tert-OH is 2. The van der Waals surface area contributed by atoms with Gasteiger partial charge in [-0.05, 0) is 38.0 Å². The fourth-order valence-corrected chi connectivity index (χ4v) is 4.62. The maximum Gasteiger partial charge on any atom is 0.217 e. The number of aliphatic hydroxyl groups is 2. The normalized spacial score (nSPS) is 22.4. The van der Waals surface area contributed by atoms with E-state index in [0.29, 0.717) is 25.2 Å². The molecule has 0 radical (unpaired) electrons. The van der Waals surface area contributed by atoms with E-state index in [-0.39, 0.29) is 25.2 Å². The minimum Gasteiger partial charge on any atom is -0.396 e. The Hall–Kier alpha value is -2.26. The molecule has 1 saturated carbocycles. The van der Waals surface area contributed by atoms with Crippen LogP contribution in [0.15, 0.2) is 12.7 Å². The van der Waals surface area contributed by atoms with Crippen molar-refractivity contribution in [1.82, 2.24) is 19.5 Å². The Labute approximate surface area is 163 Å². The number of primary amides is 1. The number of fused-ring (bicyclic) bond motifs is 1. The average molecular weight is 388 g/mol. The number of aromatic nitrogens is 4. The number of rotatable bonds is 7. The summed E-state index contributed by atoms with van der Waals surface area (Å²) in [5.41, 5.74) is 6.48. The Bertz CT molecular complexity index is 841. The molecule has 1 unspecified atom stereocenters. The van der Waals surface area contributed by atoms with Crippen LogP contribution in [0.25, 0.3) is 11.2 Å². The lowest BCUT2D eigenvalue weighted by atomic mass is 9.66. The number of carbonyl (C=O) groups excluding carboxylic acids is 1. The Morgan fingerprint density at radius 2 is 2.04 bits per heavy atom. The molecule has 28 heavy (non-hydrogen) atoms. The van der Waals surface area contributed by atoms with Crippen molar-refractivity contribution in [3.05, 3.63) is 12.7 Å². The van der Waals surface area contributed by atoms with Crippen LogP contribution in [0, 0.1) is 11.3 Å². The van der Waals surface area contributed by atoms with Crippen LogP contribution in [0.4, 0.5) is 5.82 Å². The molecule has 9 heteroatoms. The molecular weight excluding hydrogens is 360 g/mol. The molecule has 1 atom stereocenters. The van der Waals surface area contributed by atoms with E-state index in [4.69, 9.17) is 5.73 Å². The van der Waals surface area contributed by atoms with Crippen molar-refractivity contribution >= 4 is 22.9 Å². The summed E-state index contributed by atoms with van der Waals surface area (Å²) in [7, 11) is 0. The van der Waals surface area contributed by atoms with Gasteiger partial charge in [-0.25, -0.2) is 15.0 Å². The summed E-state index contributed by atoms with van der Waals surface area (Å²) in [5, 5.41) is 19.1. The highest BCUT2D eigenvalue weighted by Gasteiger charge is 2.45. The molecule has 1 saturated heterocycles. The third-order valence-corrected chi connectivity index (χ3v) is 6.36. The molecule has 2 aliphatic rings. The number of carbonyl (C=O) groups is 1. The molecule has 3 heterocycles. The van der Waals surface area contributed by atoms with Gasteiger partial charge in [-0.2, -0.15) is 0 Å². The van der Waals surface area contributed by atoms with Crippen molar-refractivity contribution in [1.29, 1.82) is 0 Å². The number of imidazole rings is 1. The van der Waals surface area contributed by atoms with Gasteiger partial charge in [-0.3, -0.25) is 4.79 Å². The summed E-state index contributed by atoms with van der Waals surface area (Å²) in [4.78, 5) is 26.9. The molecule has 152 valence electrons. The molecule has 0 spiro atoms. The molecule has 4 N–H and O–H groups in total. The number of hydrogen-bond donors (Lipinski definition) is 3. The van der Waals surface area contributed by atoms with Gasteiger partial charge in [0.2, 0.25) is 5.91 Å². The minimum atomic E-state index is -0.391. The number of nitrogens with zero attached hydrogens (tertiary/aromatic N) is 5. The monoisotopic (exact) mass is 388 g/mol. The Kier molecular flexibility index (Phi) is 5.20. The van der Waals surface area contributed by atoms with Gasteiger partial charge in [0.15, 0.2) is 17.0 Å². The van der Waals surface area contributed by atoms with Crippen LogP contribution >= 0.6 is 0 Å². The lowest BCUT2D eigenvalue weighted by Crippen LogP contribution is -2.44. The van der Waals surface area contributed by atoms with Gasteiger partial charge in [-0.15, -0.1) is 0 Å². The van der Waals surface area contributed by atoms with Crippen molar-refractivity contribution in [2.45, 2.75) is 44.6 Å². The van der Waals surface area contributed by atoms with E-state index in [1.165, 1.54) is 0 Å². The van der Waals surface area contributed by atoms with Gasteiger partial charge >= 0.3 is 0 Å². The molecule has 0 aromatic carbocycles. The van der Waals surface area contributed by atoms with Crippen LogP contribution in [-0.4, -0.2) is 61.9 Å². The minimum absolute atomic E-state index is 0.00661. The van der Waals surface area contributed by atoms with Crippen LogP contribution in [0.2, 0.25) is 0 Å². The second-order valence-electron chi connectivity index (χ2n) is 8.36. The van der Waals surface area contributed by atoms with Crippen molar-refractivity contribution in [2.24, 2.45) is 17.1 Å². The van der Waals surface area contributed by atoms with Gasteiger partial charge in [0.05, 0.1) is 19.5 Å². The van der Waals surface area contributed by atoms with Gasteiger partial charge in [0.1, 0.15) is 6.33 Å². The second-order valence-corrected chi connectivity index (χ2v) is 8.36. The Morgan fingerprint density at radius 1 is 1.25 bits per heavy atom. The van der Waals surface area contributed by atoms with Crippen LogP contribution < -0.4 is 10.6 Å². The number of amides is 1. The first kappa shape index (κ1) is 19.1. The van der Waals surface area contributed by atoms with Gasteiger partial charge < -0.3 is 25.4 Å². The van der Waals surface area contributed by atoms with E-state index >= 15 is 0 Å². The molecule has 1 amide bonds. The van der Waals surface area contributed by atoms with E-state index in [2.05, 4.69) is 19.9 Å². The van der Waals surface area contributed by atoms with E-state index in [9.17, 15) is 15.0 Å². The Balaban J connectivity index is 1.53. The third kappa shape index (κ3) is 3.44. The van der Waals surface area contributed by atoms with Gasteiger partial charge in [-0.1, -0.05) is 0 Å². The topological polar surface area (TPSA) is 130 Å². The summed E-state index contributed by atoms with van der Waals surface area (Å²) < 4.78 is 2.04.